The van der Waals surface area contributed by atoms with Gasteiger partial charge in [0.15, 0.2) is 0 Å². The lowest BCUT2D eigenvalue weighted by Gasteiger charge is -2.23. The minimum atomic E-state index is 0.594. The smallest absolute Gasteiger partial charge is 0.120 e. The first-order valence-corrected chi connectivity index (χ1v) is 8.02. The average molecular weight is 302 g/mol. The van der Waals surface area contributed by atoms with E-state index in [-0.39, 0.29) is 0 Å². The summed E-state index contributed by atoms with van der Waals surface area (Å²) in [7, 11) is 0. The van der Waals surface area contributed by atoms with Gasteiger partial charge < -0.3 is 19.1 Å². The lowest BCUT2D eigenvalue weighted by molar-refractivity contribution is -0.908. The first kappa shape index (κ1) is 15.3. The number of ether oxygens (including phenoxy) is 3. The van der Waals surface area contributed by atoms with Crippen LogP contribution in [0, 0.1) is 0 Å². The fraction of sp³-hybridized carbons (Fsp3) is 0.444. The highest BCUT2D eigenvalue weighted by atomic mass is 16.5. The molecule has 1 fully saturated rings. The van der Waals surface area contributed by atoms with Crippen LogP contribution in [0.5, 0.6) is 5.75 Å². The number of benzene rings is 2. The van der Waals surface area contributed by atoms with Crippen molar-refractivity contribution in [1.82, 2.24) is 0 Å². The summed E-state index contributed by atoms with van der Waals surface area (Å²) >= 11 is 0. The summed E-state index contributed by atoms with van der Waals surface area (Å²) in [5.74, 6) is 0.904. The van der Waals surface area contributed by atoms with Gasteiger partial charge in [-0.1, -0.05) is 30.3 Å². The molecule has 1 aliphatic heterocycles. The van der Waals surface area contributed by atoms with Crippen molar-refractivity contribution in [3.05, 3.63) is 42.5 Å². The Labute approximate surface area is 131 Å². The number of fused-ring (bicyclic) bond motifs is 1. The van der Waals surface area contributed by atoms with Gasteiger partial charge in [0.05, 0.1) is 26.4 Å². The number of quaternary nitrogens is 1. The van der Waals surface area contributed by atoms with Gasteiger partial charge in [-0.05, 0) is 22.9 Å². The van der Waals surface area contributed by atoms with E-state index in [9.17, 15) is 0 Å². The van der Waals surface area contributed by atoms with Crippen LogP contribution in [0.25, 0.3) is 10.8 Å². The van der Waals surface area contributed by atoms with Crippen molar-refractivity contribution in [1.29, 1.82) is 0 Å². The van der Waals surface area contributed by atoms with Crippen LogP contribution in [0.1, 0.15) is 0 Å². The Morgan fingerprint density at radius 2 is 1.73 bits per heavy atom. The molecule has 1 heterocycles. The third kappa shape index (κ3) is 4.44. The van der Waals surface area contributed by atoms with Crippen molar-refractivity contribution in [2.24, 2.45) is 0 Å². The molecule has 0 unspecified atom stereocenters. The van der Waals surface area contributed by atoms with Crippen molar-refractivity contribution in [3.8, 4) is 5.75 Å². The normalized spacial score (nSPS) is 16.0. The molecule has 118 valence electrons. The lowest BCUT2D eigenvalue weighted by Crippen LogP contribution is -3.14. The van der Waals surface area contributed by atoms with Crippen molar-refractivity contribution < 1.29 is 19.1 Å². The number of morpholine rings is 1. The fourth-order valence-electron chi connectivity index (χ4n) is 2.70. The maximum atomic E-state index is 5.75. The van der Waals surface area contributed by atoms with Crippen LogP contribution in [0.4, 0.5) is 0 Å². The van der Waals surface area contributed by atoms with Crippen LogP contribution >= 0.6 is 0 Å². The van der Waals surface area contributed by atoms with Crippen LogP contribution in [-0.2, 0) is 9.47 Å². The molecule has 0 bridgehead atoms. The maximum absolute atomic E-state index is 5.75. The molecule has 3 rings (SSSR count). The van der Waals surface area contributed by atoms with Gasteiger partial charge in [-0.25, -0.2) is 0 Å². The van der Waals surface area contributed by atoms with Crippen LogP contribution in [-0.4, -0.2) is 52.7 Å². The zero-order valence-corrected chi connectivity index (χ0v) is 12.9. The Balaban J connectivity index is 1.33. The molecule has 0 aromatic heterocycles. The minimum Gasteiger partial charge on any atom is -0.491 e. The Bertz CT molecular complexity index is 581. The van der Waals surface area contributed by atoms with Crippen molar-refractivity contribution in [3.63, 3.8) is 0 Å². The molecular weight excluding hydrogens is 278 g/mol. The molecule has 2 aromatic rings. The predicted octanol–water partition coefficient (Wildman–Crippen LogP) is 1.15. The first-order valence-electron chi connectivity index (χ1n) is 8.02. The third-order valence-corrected chi connectivity index (χ3v) is 4.02. The van der Waals surface area contributed by atoms with Gasteiger partial charge in [-0.2, -0.15) is 0 Å². The molecule has 0 saturated carbocycles. The van der Waals surface area contributed by atoms with E-state index < -0.39 is 0 Å². The highest BCUT2D eigenvalue weighted by Crippen LogP contribution is 2.20. The van der Waals surface area contributed by atoms with Gasteiger partial charge in [0.1, 0.15) is 32.0 Å². The molecule has 0 aliphatic carbocycles. The number of rotatable bonds is 7. The van der Waals surface area contributed by atoms with E-state index in [1.54, 1.807) is 4.90 Å². The molecule has 4 heteroatoms. The molecule has 0 atom stereocenters. The zero-order chi connectivity index (χ0) is 15.0. The summed E-state index contributed by atoms with van der Waals surface area (Å²) in [5, 5.41) is 2.44. The number of hydrogen-bond acceptors (Lipinski definition) is 3. The van der Waals surface area contributed by atoms with Crippen LogP contribution in [0.2, 0.25) is 0 Å². The number of hydrogen-bond donors (Lipinski definition) is 1. The summed E-state index contributed by atoms with van der Waals surface area (Å²) in [6, 6.07) is 14.5. The molecule has 22 heavy (non-hydrogen) atoms. The highest BCUT2D eigenvalue weighted by Gasteiger charge is 2.12. The summed E-state index contributed by atoms with van der Waals surface area (Å²) in [5.41, 5.74) is 0. The molecule has 0 spiro atoms. The lowest BCUT2D eigenvalue weighted by atomic mass is 10.1. The molecular formula is C18H24NO3+. The van der Waals surface area contributed by atoms with E-state index >= 15 is 0 Å². The summed E-state index contributed by atoms with van der Waals surface area (Å²) in [4.78, 5) is 1.57. The van der Waals surface area contributed by atoms with Crippen molar-refractivity contribution in [2.45, 2.75) is 0 Å². The molecule has 1 N–H and O–H groups in total. The fourth-order valence-corrected chi connectivity index (χ4v) is 2.70. The van der Waals surface area contributed by atoms with Crippen molar-refractivity contribution in [2.75, 3.05) is 52.7 Å². The van der Waals surface area contributed by atoms with E-state index in [1.807, 2.05) is 18.2 Å². The Morgan fingerprint density at radius 3 is 2.59 bits per heavy atom. The summed E-state index contributed by atoms with van der Waals surface area (Å²) in [6.45, 7) is 7.01. The van der Waals surface area contributed by atoms with Gasteiger partial charge in [0.2, 0.25) is 0 Å². The molecule has 1 saturated heterocycles. The van der Waals surface area contributed by atoms with E-state index in [0.717, 1.165) is 45.2 Å². The number of nitrogens with one attached hydrogen (secondary N) is 1. The zero-order valence-electron chi connectivity index (χ0n) is 12.9. The van der Waals surface area contributed by atoms with Gasteiger partial charge in [-0.3, -0.25) is 0 Å². The molecule has 0 amide bonds. The summed E-state index contributed by atoms with van der Waals surface area (Å²) < 4.78 is 16.8. The highest BCUT2D eigenvalue weighted by molar-refractivity contribution is 5.83. The maximum Gasteiger partial charge on any atom is 0.120 e. The monoisotopic (exact) mass is 302 g/mol. The summed E-state index contributed by atoms with van der Waals surface area (Å²) in [6.07, 6.45) is 0. The minimum absolute atomic E-state index is 0.594. The molecule has 4 nitrogen and oxygen atoms in total. The second-order valence-electron chi connectivity index (χ2n) is 5.58. The van der Waals surface area contributed by atoms with Crippen LogP contribution in [0.15, 0.2) is 42.5 Å². The van der Waals surface area contributed by atoms with Gasteiger partial charge in [0.25, 0.3) is 0 Å². The molecule has 1 aliphatic rings. The van der Waals surface area contributed by atoms with E-state index in [0.29, 0.717) is 13.2 Å². The van der Waals surface area contributed by atoms with Gasteiger partial charge in [0, 0.05) is 0 Å². The van der Waals surface area contributed by atoms with E-state index in [1.165, 1.54) is 10.8 Å². The quantitative estimate of drug-likeness (QED) is 0.779. The Kier molecular flexibility index (Phi) is 5.65. The standard InChI is InChI=1S/C18H23NO3/c1-2-4-17-15-18(6-5-16(17)3-1)22-14-13-21-12-9-19-7-10-20-11-8-19/h1-6,15H,7-14H2/p+1. The van der Waals surface area contributed by atoms with Crippen molar-refractivity contribution >= 4 is 10.8 Å². The second kappa shape index (κ2) is 8.13. The van der Waals surface area contributed by atoms with E-state index in [2.05, 4.69) is 24.3 Å². The first-order chi connectivity index (χ1) is 10.9. The molecule has 0 radical (unpaired) electrons. The van der Waals surface area contributed by atoms with Gasteiger partial charge >= 0.3 is 0 Å². The SMILES string of the molecule is c1ccc2cc(OCCOCC[NH+]3CCOCC3)ccc2c1. The second-order valence-corrected chi connectivity index (χ2v) is 5.58. The molecule has 2 aromatic carbocycles. The largest absolute Gasteiger partial charge is 0.491 e. The third-order valence-electron chi connectivity index (χ3n) is 4.02. The average Bonchev–Trinajstić information content (AvgIpc) is 2.59. The Hall–Kier alpha value is -1.62. The Morgan fingerprint density at radius 1 is 0.909 bits per heavy atom. The van der Waals surface area contributed by atoms with Gasteiger partial charge in [-0.15, -0.1) is 0 Å². The van der Waals surface area contributed by atoms with E-state index in [4.69, 9.17) is 14.2 Å². The van der Waals surface area contributed by atoms with Crippen LogP contribution < -0.4 is 9.64 Å². The van der Waals surface area contributed by atoms with Crippen LogP contribution in [0.3, 0.4) is 0 Å². The topological polar surface area (TPSA) is 32.1 Å². The predicted molar refractivity (Wildman–Crippen MR) is 86.6 cm³/mol.